The van der Waals surface area contributed by atoms with E-state index in [1.54, 1.807) is 6.07 Å². The maximum Gasteiger partial charge on any atom is 0.165 e. The molecule has 2 N–H and O–H groups in total. The summed E-state index contributed by atoms with van der Waals surface area (Å²) in [6.45, 7) is 4.18. The van der Waals surface area contributed by atoms with Gasteiger partial charge >= 0.3 is 0 Å². The number of aromatic hydroxyl groups is 2. The normalized spacial score (nSPS) is 10.9. The van der Waals surface area contributed by atoms with Gasteiger partial charge in [-0.25, -0.2) is 0 Å². The van der Waals surface area contributed by atoms with Crippen LogP contribution in [0.2, 0.25) is 0 Å². The lowest BCUT2D eigenvalue weighted by atomic mass is 9.97. The van der Waals surface area contributed by atoms with Crippen LogP contribution in [0.4, 0.5) is 0 Å². The molecule has 0 radical (unpaired) electrons. The number of aryl methyl sites for hydroxylation is 2. The van der Waals surface area contributed by atoms with Crippen molar-refractivity contribution in [1.82, 2.24) is 0 Å². The molecule has 0 bridgehead atoms. The first-order chi connectivity index (χ1) is 7.67. The van der Waals surface area contributed by atoms with Gasteiger partial charge in [0.1, 0.15) is 0 Å². The van der Waals surface area contributed by atoms with Gasteiger partial charge in [0.2, 0.25) is 0 Å². The Morgan fingerprint density at radius 2 is 1.69 bits per heavy atom. The van der Waals surface area contributed by atoms with Crippen LogP contribution in [0.1, 0.15) is 25.0 Å². The van der Waals surface area contributed by atoms with Crippen molar-refractivity contribution in [3.05, 3.63) is 35.4 Å². The average Bonchev–Trinajstić information content (AvgIpc) is 2.32. The van der Waals surface area contributed by atoms with Gasteiger partial charge in [-0.2, -0.15) is 0 Å². The zero-order valence-corrected chi connectivity index (χ0v) is 9.62. The quantitative estimate of drug-likeness (QED) is 0.755. The minimum atomic E-state index is -0.0530. The van der Waals surface area contributed by atoms with Gasteiger partial charge in [-0.1, -0.05) is 26.0 Å². The number of hydrogen-bond acceptors (Lipinski definition) is 2. The first-order valence-electron chi connectivity index (χ1n) is 5.63. The summed E-state index contributed by atoms with van der Waals surface area (Å²) in [6, 6.07) is 7.52. The molecule has 16 heavy (non-hydrogen) atoms. The van der Waals surface area contributed by atoms with E-state index < -0.39 is 0 Å². The van der Waals surface area contributed by atoms with Crippen LogP contribution in [-0.2, 0) is 12.8 Å². The number of fused-ring (bicyclic) bond motifs is 1. The van der Waals surface area contributed by atoms with Crippen LogP contribution >= 0.6 is 0 Å². The Hall–Kier alpha value is -1.70. The second-order valence-electron chi connectivity index (χ2n) is 3.99. The maximum absolute atomic E-state index is 9.85. The minimum Gasteiger partial charge on any atom is -0.504 e. The predicted molar refractivity (Wildman–Crippen MR) is 66.0 cm³/mol. The van der Waals surface area contributed by atoms with Crippen LogP contribution < -0.4 is 0 Å². The SMILES string of the molecule is CCc1cc(CC)c2ccc(O)c(O)c2c1. The van der Waals surface area contributed by atoms with Crippen LogP contribution in [0.3, 0.4) is 0 Å². The molecule has 0 aliphatic carbocycles. The van der Waals surface area contributed by atoms with Gasteiger partial charge in [-0.3, -0.25) is 0 Å². The third kappa shape index (κ3) is 1.60. The third-order valence-electron chi connectivity index (χ3n) is 3.02. The minimum absolute atomic E-state index is 0.0116. The van der Waals surface area contributed by atoms with Crippen molar-refractivity contribution in [1.29, 1.82) is 0 Å². The second kappa shape index (κ2) is 4.05. The summed E-state index contributed by atoms with van der Waals surface area (Å²) in [6.07, 6.45) is 1.85. The Bertz CT molecular complexity index is 530. The molecule has 0 aromatic heterocycles. The Morgan fingerprint density at radius 3 is 2.31 bits per heavy atom. The maximum atomic E-state index is 9.85. The lowest BCUT2D eigenvalue weighted by Gasteiger charge is -2.10. The summed E-state index contributed by atoms with van der Waals surface area (Å²) in [5.41, 5.74) is 2.40. The van der Waals surface area contributed by atoms with Gasteiger partial charge in [0.25, 0.3) is 0 Å². The molecule has 0 spiro atoms. The molecule has 2 rings (SSSR count). The van der Waals surface area contributed by atoms with Crippen molar-refractivity contribution in [2.45, 2.75) is 26.7 Å². The summed E-state index contributed by atoms with van der Waals surface area (Å²) in [5.74, 6) is -0.0645. The highest BCUT2D eigenvalue weighted by atomic mass is 16.3. The zero-order chi connectivity index (χ0) is 11.7. The summed E-state index contributed by atoms with van der Waals surface area (Å²) in [4.78, 5) is 0. The van der Waals surface area contributed by atoms with E-state index in [0.717, 1.165) is 23.6 Å². The van der Waals surface area contributed by atoms with Crippen LogP contribution in [0.25, 0.3) is 10.8 Å². The molecule has 2 nitrogen and oxygen atoms in total. The van der Waals surface area contributed by atoms with E-state index >= 15 is 0 Å². The van der Waals surface area contributed by atoms with E-state index in [9.17, 15) is 10.2 Å². The number of hydrogen-bond donors (Lipinski definition) is 2. The molecule has 0 aliphatic heterocycles. The molecule has 0 heterocycles. The molecular weight excluding hydrogens is 200 g/mol. The Morgan fingerprint density at radius 1 is 0.938 bits per heavy atom. The van der Waals surface area contributed by atoms with Crippen molar-refractivity contribution >= 4 is 10.8 Å². The van der Waals surface area contributed by atoms with E-state index in [-0.39, 0.29) is 11.5 Å². The van der Waals surface area contributed by atoms with Crippen LogP contribution in [0.5, 0.6) is 11.5 Å². The van der Waals surface area contributed by atoms with Gasteiger partial charge in [-0.05, 0) is 41.5 Å². The monoisotopic (exact) mass is 216 g/mol. The molecule has 84 valence electrons. The number of phenols is 2. The molecule has 0 atom stereocenters. The van der Waals surface area contributed by atoms with Crippen molar-refractivity contribution in [3.63, 3.8) is 0 Å². The largest absolute Gasteiger partial charge is 0.504 e. The Labute approximate surface area is 95.2 Å². The van der Waals surface area contributed by atoms with Crippen LogP contribution in [-0.4, -0.2) is 10.2 Å². The first-order valence-corrected chi connectivity index (χ1v) is 5.63. The summed E-state index contributed by atoms with van der Waals surface area (Å²) in [5, 5.41) is 21.1. The van der Waals surface area contributed by atoms with Gasteiger partial charge in [0.05, 0.1) is 0 Å². The van der Waals surface area contributed by atoms with Gasteiger partial charge in [0, 0.05) is 5.39 Å². The van der Waals surface area contributed by atoms with E-state index in [0.29, 0.717) is 0 Å². The van der Waals surface area contributed by atoms with E-state index in [1.165, 1.54) is 11.1 Å². The van der Waals surface area contributed by atoms with Crippen LogP contribution in [0, 0.1) is 0 Å². The third-order valence-corrected chi connectivity index (χ3v) is 3.02. The summed E-state index contributed by atoms with van der Waals surface area (Å²) in [7, 11) is 0. The molecule has 0 fully saturated rings. The average molecular weight is 216 g/mol. The molecule has 0 saturated heterocycles. The van der Waals surface area contributed by atoms with Crippen LogP contribution in [0.15, 0.2) is 24.3 Å². The van der Waals surface area contributed by atoms with Gasteiger partial charge < -0.3 is 10.2 Å². The highest BCUT2D eigenvalue weighted by molar-refractivity contribution is 5.93. The summed E-state index contributed by atoms with van der Waals surface area (Å²) < 4.78 is 0. The van der Waals surface area contributed by atoms with Gasteiger partial charge in [0.15, 0.2) is 11.5 Å². The predicted octanol–water partition coefficient (Wildman–Crippen LogP) is 3.38. The lowest BCUT2D eigenvalue weighted by Crippen LogP contribution is -1.89. The highest BCUT2D eigenvalue weighted by Gasteiger charge is 2.09. The topological polar surface area (TPSA) is 40.5 Å². The van der Waals surface area contributed by atoms with Crippen molar-refractivity contribution in [2.75, 3.05) is 0 Å². The number of phenolic OH excluding ortho intramolecular Hbond substituents is 2. The van der Waals surface area contributed by atoms with E-state index in [4.69, 9.17) is 0 Å². The van der Waals surface area contributed by atoms with Gasteiger partial charge in [-0.15, -0.1) is 0 Å². The Kier molecular flexibility index (Phi) is 2.73. The molecule has 0 saturated carbocycles. The standard InChI is InChI=1S/C14H16O2/c1-3-9-7-10(4-2)11-5-6-13(15)14(16)12(11)8-9/h5-8,15-16H,3-4H2,1-2H3. The first kappa shape index (κ1) is 10.8. The highest BCUT2D eigenvalue weighted by Crippen LogP contribution is 2.35. The molecule has 2 aromatic rings. The molecular formula is C14H16O2. The smallest absolute Gasteiger partial charge is 0.165 e. The zero-order valence-electron chi connectivity index (χ0n) is 9.62. The number of benzene rings is 2. The van der Waals surface area contributed by atoms with E-state index in [1.807, 2.05) is 12.1 Å². The fraction of sp³-hybridized carbons (Fsp3) is 0.286. The fourth-order valence-electron chi connectivity index (χ4n) is 2.05. The molecule has 2 heteroatoms. The lowest BCUT2D eigenvalue weighted by molar-refractivity contribution is 0.408. The Balaban J connectivity index is 2.84. The van der Waals surface area contributed by atoms with Crippen molar-refractivity contribution < 1.29 is 10.2 Å². The molecule has 0 unspecified atom stereocenters. The van der Waals surface area contributed by atoms with Crippen molar-refractivity contribution in [3.8, 4) is 11.5 Å². The molecule has 0 aliphatic rings. The van der Waals surface area contributed by atoms with Crippen molar-refractivity contribution in [2.24, 2.45) is 0 Å². The molecule has 2 aromatic carbocycles. The summed E-state index contributed by atoms with van der Waals surface area (Å²) >= 11 is 0. The number of rotatable bonds is 2. The fourth-order valence-corrected chi connectivity index (χ4v) is 2.05. The molecule has 0 amide bonds. The van der Waals surface area contributed by atoms with E-state index in [2.05, 4.69) is 19.9 Å². The second-order valence-corrected chi connectivity index (χ2v) is 3.99.